The van der Waals surface area contributed by atoms with Gasteiger partial charge in [0.2, 0.25) is 5.76 Å². The lowest BCUT2D eigenvalue weighted by atomic mass is 9.98. The molecule has 0 aliphatic carbocycles. The molecule has 0 radical (unpaired) electrons. The van der Waals surface area contributed by atoms with Crippen molar-refractivity contribution >= 4 is 11.6 Å². The fourth-order valence-corrected chi connectivity index (χ4v) is 2.43. The first-order valence-electron chi connectivity index (χ1n) is 6.35. The van der Waals surface area contributed by atoms with Crippen LogP contribution in [0.3, 0.4) is 0 Å². The van der Waals surface area contributed by atoms with Gasteiger partial charge in [-0.2, -0.15) is 0 Å². The summed E-state index contributed by atoms with van der Waals surface area (Å²) in [7, 11) is 0. The zero-order valence-corrected chi connectivity index (χ0v) is 10.5. The number of hydrogen-bond acceptors (Lipinski definition) is 4. The predicted molar refractivity (Wildman–Crippen MR) is 70.5 cm³/mol. The van der Waals surface area contributed by atoms with Gasteiger partial charge in [-0.1, -0.05) is 18.2 Å². The van der Waals surface area contributed by atoms with Crippen LogP contribution in [-0.2, 0) is 20.7 Å². The number of carbonyl (C=O) groups is 1. The van der Waals surface area contributed by atoms with Crippen molar-refractivity contribution in [2.45, 2.75) is 12.5 Å². The zero-order chi connectivity index (χ0) is 13.2. The van der Waals surface area contributed by atoms with E-state index in [0.29, 0.717) is 19.8 Å². The first-order valence-corrected chi connectivity index (χ1v) is 6.35. The van der Waals surface area contributed by atoms with Crippen molar-refractivity contribution in [2.75, 3.05) is 24.7 Å². The topological polar surface area (TPSA) is 64.8 Å². The Bertz CT molecular complexity index is 527. The van der Waals surface area contributed by atoms with Gasteiger partial charge in [-0.3, -0.25) is 4.79 Å². The van der Waals surface area contributed by atoms with Crippen molar-refractivity contribution in [2.24, 2.45) is 5.73 Å². The van der Waals surface area contributed by atoms with Gasteiger partial charge in [0.1, 0.15) is 19.5 Å². The van der Waals surface area contributed by atoms with Crippen LogP contribution in [-0.4, -0.2) is 31.7 Å². The zero-order valence-electron chi connectivity index (χ0n) is 10.5. The lowest BCUT2D eigenvalue weighted by molar-refractivity contribution is -0.119. The molecule has 0 saturated heterocycles. The Kier molecular flexibility index (Phi) is 3.13. The van der Waals surface area contributed by atoms with Crippen LogP contribution in [0.25, 0.3) is 0 Å². The summed E-state index contributed by atoms with van der Waals surface area (Å²) in [6.45, 7) is 1.38. The number of para-hydroxylation sites is 1. The van der Waals surface area contributed by atoms with Crippen molar-refractivity contribution < 1.29 is 14.3 Å². The third-order valence-corrected chi connectivity index (χ3v) is 3.29. The van der Waals surface area contributed by atoms with Gasteiger partial charge in [-0.05, 0) is 18.1 Å². The molecule has 0 spiro atoms. The van der Waals surface area contributed by atoms with Gasteiger partial charge in [-0.15, -0.1) is 0 Å². The number of hydrogen-bond donors (Lipinski definition) is 1. The monoisotopic (exact) mass is 260 g/mol. The molecular formula is C14H16N2O3. The molecular weight excluding hydrogens is 244 g/mol. The number of rotatable bonds is 1. The van der Waals surface area contributed by atoms with E-state index in [1.807, 2.05) is 24.3 Å². The van der Waals surface area contributed by atoms with Crippen molar-refractivity contribution in [1.82, 2.24) is 0 Å². The Morgan fingerprint density at radius 2 is 2.16 bits per heavy atom. The molecule has 1 unspecified atom stereocenters. The highest BCUT2D eigenvalue weighted by Gasteiger charge is 2.30. The molecule has 5 heteroatoms. The van der Waals surface area contributed by atoms with Gasteiger partial charge >= 0.3 is 0 Å². The number of anilines is 1. The Morgan fingerprint density at radius 1 is 1.32 bits per heavy atom. The second kappa shape index (κ2) is 4.93. The minimum absolute atomic E-state index is 0.0519. The van der Waals surface area contributed by atoms with Gasteiger partial charge in [0.05, 0.1) is 0 Å². The molecule has 2 heterocycles. The van der Waals surface area contributed by atoms with Crippen LogP contribution in [0.15, 0.2) is 36.3 Å². The summed E-state index contributed by atoms with van der Waals surface area (Å²) < 4.78 is 10.5. The predicted octanol–water partition coefficient (Wildman–Crippen LogP) is 0.791. The Labute approximate surface area is 111 Å². The molecule has 2 aliphatic rings. The molecule has 0 aromatic heterocycles. The van der Waals surface area contributed by atoms with Crippen LogP contribution in [0.2, 0.25) is 0 Å². The lowest BCUT2D eigenvalue weighted by Crippen LogP contribution is -2.47. The first kappa shape index (κ1) is 12.0. The van der Waals surface area contributed by atoms with Gasteiger partial charge in [-0.25, -0.2) is 0 Å². The number of amides is 1. The Hall–Kier alpha value is -2.01. The maximum Gasteiger partial charge on any atom is 0.296 e. The van der Waals surface area contributed by atoms with E-state index in [9.17, 15) is 4.79 Å². The second-order valence-corrected chi connectivity index (χ2v) is 4.71. The second-order valence-electron chi connectivity index (χ2n) is 4.71. The lowest BCUT2D eigenvalue weighted by Gasteiger charge is -2.33. The van der Waals surface area contributed by atoms with Crippen molar-refractivity contribution in [3.05, 3.63) is 41.9 Å². The average Bonchev–Trinajstić information content (AvgIpc) is 2.46. The number of ether oxygens (including phenoxy) is 2. The van der Waals surface area contributed by atoms with Gasteiger partial charge < -0.3 is 20.1 Å². The standard InChI is InChI=1S/C14H16N2O3/c15-11-7-10-3-1-2-4-12(10)16(8-11)14(17)13-9-18-5-6-19-13/h1-4,9,11H,5-8,15H2. The first-order chi connectivity index (χ1) is 9.25. The van der Waals surface area contributed by atoms with E-state index in [0.717, 1.165) is 17.7 Å². The maximum absolute atomic E-state index is 12.5. The van der Waals surface area contributed by atoms with Crippen LogP contribution in [0.1, 0.15) is 5.56 Å². The third-order valence-electron chi connectivity index (χ3n) is 3.29. The molecule has 1 aromatic rings. The molecule has 1 aromatic carbocycles. The molecule has 19 heavy (non-hydrogen) atoms. The molecule has 5 nitrogen and oxygen atoms in total. The molecule has 0 bridgehead atoms. The fourth-order valence-electron chi connectivity index (χ4n) is 2.43. The van der Waals surface area contributed by atoms with Gasteiger partial charge in [0.25, 0.3) is 5.91 Å². The number of benzene rings is 1. The van der Waals surface area contributed by atoms with E-state index in [1.165, 1.54) is 6.26 Å². The number of carbonyl (C=O) groups excluding carboxylic acids is 1. The summed E-state index contributed by atoms with van der Waals surface area (Å²) in [6.07, 6.45) is 2.17. The summed E-state index contributed by atoms with van der Waals surface area (Å²) in [5, 5.41) is 0. The molecule has 1 amide bonds. The van der Waals surface area contributed by atoms with E-state index in [4.69, 9.17) is 15.2 Å². The normalized spacial score (nSPS) is 21.8. The molecule has 1 atom stereocenters. The molecule has 100 valence electrons. The van der Waals surface area contributed by atoms with Crippen LogP contribution in [0, 0.1) is 0 Å². The van der Waals surface area contributed by atoms with Crippen molar-refractivity contribution in [3.8, 4) is 0 Å². The average molecular weight is 260 g/mol. The highest BCUT2D eigenvalue weighted by atomic mass is 16.6. The minimum atomic E-state index is -0.192. The van der Waals surface area contributed by atoms with Gasteiger partial charge in [0.15, 0.2) is 0 Å². The Balaban J connectivity index is 1.92. The quantitative estimate of drug-likeness (QED) is 0.811. The third kappa shape index (κ3) is 2.29. The highest BCUT2D eigenvalue weighted by Crippen LogP contribution is 2.28. The summed E-state index contributed by atoms with van der Waals surface area (Å²) in [6, 6.07) is 7.76. The van der Waals surface area contributed by atoms with Gasteiger partial charge in [0, 0.05) is 18.3 Å². The molecule has 0 saturated carbocycles. The molecule has 3 rings (SSSR count). The minimum Gasteiger partial charge on any atom is -0.494 e. The highest BCUT2D eigenvalue weighted by molar-refractivity contribution is 6.05. The summed E-state index contributed by atoms with van der Waals surface area (Å²) in [5.41, 5.74) is 8.02. The van der Waals surface area contributed by atoms with E-state index in [2.05, 4.69) is 0 Å². The van der Waals surface area contributed by atoms with E-state index < -0.39 is 0 Å². The fraction of sp³-hybridized carbons (Fsp3) is 0.357. The van der Waals surface area contributed by atoms with Crippen LogP contribution in [0.4, 0.5) is 5.69 Å². The number of nitrogens with zero attached hydrogens (tertiary/aromatic N) is 1. The summed E-state index contributed by atoms with van der Waals surface area (Å²) >= 11 is 0. The molecule has 2 aliphatic heterocycles. The smallest absolute Gasteiger partial charge is 0.296 e. The van der Waals surface area contributed by atoms with Crippen LogP contribution < -0.4 is 10.6 Å². The molecule has 0 fully saturated rings. The number of fused-ring (bicyclic) bond motifs is 1. The van der Waals surface area contributed by atoms with E-state index in [-0.39, 0.29) is 17.7 Å². The van der Waals surface area contributed by atoms with Crippen molar-refractivity contribution in [1.29, 1.82) is 0 Å². The largest absolute Gasteiger partial charge is 0.494 e. The molecule has 2 N–H and O–H groups in total. The van der Waals surface area contributed by atoms with E-state index in [1.54, 1.807) is 4.90 Å². The van der Waals surface area contributed by atoms with Crippen molar-refractivity contribution in [3.63, 3.8) is 0 Å². The SMILES string of the molecule is NC1Cc2ccccc2N(C(=O)C2=COCCO2)C1. The van der Waals surface area contributed by atoms with E-state index >= 15 is 0 Å². The maximum atomic E-state index is 12.5. The summed E-state index contributed by atoms with van der Waals surface area (Å²) in [5.74, 6) is 0.0532. The Morgan fingerprint density at radius 3 is 2.95 bits per heavy atom. The van der Waals surface area contributed by atoms with Crippen LogP contribution in [0.5, 0.6) is 0 Å². The summed E-state index contributed by atoms with van der Waals surface area (Å²) in [4.78, 5) is 14.1. The van der Waals surface area contributed by atoms with Crippen LogP contribution >= 0.6 is 0 Å². The number of nitrogens with two attached hydrogens (primary N) is 1.